The number of hydrogen-bond acceptors (Lipinski definition) is 7. The van der Waals surface area contributed by atoms with Crippen molar-refractivity contribution in [2.45, 2.75) is 46.2 Å². The second-order valence-corrected chi connectivity index (χ2v) is 9.40. The first-order valence-corrected chi connectivity index (χ1v) is 12.0. The van der Waals surface area contributed by atoms with Crippen LogP contribution in [0.3, 0.4) is 0 Å². The standard InChI is InChI=1S/C26H31ClN4O5/c1-16(2)12-19-8-11-21(14-22(19)35-4)28-24-29-25(33)31(17(3)13-23(32)36-5)26(34)30(24)15-18-6-9-20(27)10-7-18/h6-11,14,16-17H,12-13,15H2,1-5H3,(H,28,29,33)/t17-/m0/s1. The van der Waals surface area contributed by atoms with E-state index in [1.54, 1.807) is 38.3 Å². The minimum atomic E-state index is -0.769. The predicted molar refractivity (Wildman–Crippen MR) is 139 cm³/mol. The molecule has 192 valence electrons. The second-order valence-electron chi connectivity index (χ2n) is 8.96. The van der Waals surface area contributed by atoms with E-state index in [2.05, 4.69) is 24.1 Å². The molecule has 0 radical (unpaired) electrons. The van der Waals surface area contributed by atoms with Gasteiger partial charge in [-0.15, -0.1) is 0 Å². The van der Waals surface area contributed by atoms with Crippen molar-refractivity contribution in [2.75, 3.05) is 19.5 Å². The molecule has 0 spiro atoms. The van der Waals surface area contributed by atoms with E-state index in [-0.39, 0.29) is 18.9 Å². The number of anilines is 2. The van der Waals surface area contributed by atoms with E-state index in [9.17, 15) is 14.4 Å². The zero-order valence-electron chi connectivity index (χ0n) is 21.1. The van der Waals surface area contributed by atoms with Gasteiger partial charge in [0.25, 0.3) is 0 Å². The lowest BCUT2D eigenvalue weighted by molar-refractivity contribution is -0.141. The number of nitrogens with one attached hydrogen (secondary N) is 1. The van der Waals surface area contributed by atoms with Crippen LogP contribution in [0.5, 0.6) is 5.75 Å². The molecular weight excluding hydrogens is 484 g/mol. The van der Waals surface area contributed by atoms with Gasteiger partial charge in [-0.3, -0.25) is 9.36 Å². The molecule has 3 aromatic rings. The van der Waals surface area contributed by atoms with Crippen LogP contribution in [0.2, 0.25) is 5.02 Å². The van der Waals surface area contributed by atoms with E-state index >= 15 is 0 Å². The zero-order chi connectivity index (χ0) is 26.4. The van der Waals surface area contributed by atoms with E-state index in [1.807, 2.05) is 18.2 Å². The largest absolute Gasteiger partial charge is 0.496 e. The summed E-state index contributed by atoms with van der Waals surface area (Å²) in [5.74, 6) is 0.679. The number of hydrogen-bond donors (Lipinski definition) is 1. The molecule has 1 N–H and O–H groups in total. The van der Waals surface area contributed by atoms with Crippen molar-refractivity contribution in [3.8, 4) is 5.75 Å². The summed E-state index contributed by atoms with van der Waals surface area (Å²) in [6, 6.07) is 11.9. The average molecular weight is 515 g/mol. The van der Waals surface area contributed by atoms with Crippen LogP contribution >= 0.6 is 11.6 Å². The van der Waals surface area contributed by atoms with Crippen LogP contribution < -0.4 is 21.4 Å². The summed E-state index contributed by atoms with van der Waals surface area (Å²) in [4.78, 5) is 42.4. The van der Waals surface area contributed by atoms with Gasteiger partial charge in [0.15, 0.2) is 0 Å². The average Bonchev–Trinajstić information content (AvgIpc) is 2.83. The van der Waals surface area contributed by atoms with Gasteiger partial charge in [-0.25, -0.2) is 14.2 Å². The third-order valence-electron chi connectivity index (χ3n) is 5.66. The van der Waals surface area contributed by atoms with E-state index < -0.39 is 23.4 Å². The molecule has 1 aromatic heterocycles. The topological polar surface area (TPSA) is 104 Å². The molecule has 0 fully saturated rings. The molecule has 1 heterocycles. The highest BCUT2D eigenvalue weighted by Crippen LogP contribution is 2.27. The van der Waals surface area contributed by atoms with Gasteiger partial charge < -0.3 is 14.8 Å². The number of carbonyl (C=O) groups excluding carboxylic acids is 1. The fourth-order valence-corrected chi connectivity index (χ4v) is 4.00. The van der Waals surface area contributed by atoms with Gasteiger partial charge in [-0.05, 0) is 48.6 Å². The Labute approximate surface area is 214 Å². The van der Waals surface area contributed by atoms with Gasteiger partial charge in [0, 0.05) is 16.8 Å². The first-order valence-electron chi connectivity index (χ1n) is 11.6. The fraction of sp³-hybridized carbons (Fsp3) is 0.385. The lowest BCUT2D eigenvalue weighted by Gasteiger charge is -2.19. The zero-order valence-corrected chi connectivity index (χ0v) is 21.8. The Morgan fingerprint density at radius 2 is 1.78 bits per heavy atom. The smallest absolute Gasteiger partial charge is 0.355 e. The fourth-order valence-electron chi connectivity index (χ4n) is 3.87. The number of methoxy groups -OCH3 is 2. The Hall–Kier alpha value is -3.59. The van der Waals surface area contributed by atoms with E-state index in [4.69, 9.17) is 21.1 Å². The third-order valence-corrected chi connectivity index (χ3v) is 5.91. The number of nitrogens with zero attached hydrogens (tertiary/aromatic N) is 3. The van der Waals surface area contributed by atoms with Crippen LogP contribution in [0.25, 0.3) is 0 Å². The molecule has 0 saturated carbocycles. The number of carbonyl (C=O) groups is 1. The van der Waals surface area contributed by atoms with Crippen molar-refractivity contribution in [3.05, 3.63) is 79.6 Å². The van der Waals surface area contributed by atoms with Crippen LogP contribution in [0.1, 0.15) is 44.4 Å². The van der Waals surface area contributed by atoms with Crippen molar-refractivity contribution in [1.29, 1.82) is 0 Å². The molecule has 0 bridgehead atoms. The number of esters is 1. The molecule has 0 aliphatic rings. The van der Waals surface area contributed by atoms with Crippen LogP contribution in [0.15, 0.2) is 52.1 Å². The normalized spacial score (nSPS) is 11.9. The molecule has 36 heavy (non-hydrogen) atoms. The lowest BCUT2D eigenvalue weighted by Crippen LogP contribution is -2.44. The molecule has 9 nitrogen and oxygen atoms in total. The number of benzene rings is 2. The van der Waals surface area contributed by atoms with Gasteiger partial charge in [0.2, 0.25) is 5.95 Å². The quantitative estimate of drug-likeness (QED) is 0.405. The number of rotatable bonds is 10. The number of ether oxygens (including phenoxy) is 2. The van der Waals surface area contributed by atoms with Crippen LogP contribution in [-0.2, 0) is 22.5 Å². The lowest BCUT2D eigenvalue weighted by atomic mass is 10.0. The molecule has 3 rings (SSSR count). The van der Waals surface area contributed by atoms with Crippen LogP contribution in [0, 0.1) is 5.92 Å². The highest BCUT2D eigenvalue weighted by Gasteiger charge is 2.21. The summed E-state index contributed by atoms with van der Waals surface area (Å²) in [5, 5.41) is 3.66. The monoisotopic (exact) mass is 514 g/mol. The molecule has 0 aliphatic heterocycles. The van der Waals surface area contributed by atoms with E-state index in [0.29, 0.717) is 22.4 Å². The SMILES string of the molecule is COC(=O)C[C@H](C)n1c(=O)nc(Nc2ccc(CC(C)C)c(OC)c2)n(Cc2ccc(Cl)cc2)c1=O. The maximum atomic E-state index is 13.5. The molecule has 1 atom stereocenters. The Morgan fingerprint density at radius 1 is 1.08 bits per heavy atom. The van der Waals surface area contributed by atoms with Gasteiger partial charge in [-0.1, -0.05) is 43.6 Å². The van der Waals surface area contributed by atoms with Crippen LogP contribution in [0.4, 0.5) is 11.6 Å². The molecule has 0 aliphatic carbocycles. The molecule has 0 amide bonds. The maximum Gasteiger partial charge on any atom is 0.355 e. The van der Waals surface area contributed by atoms with Crippen molar-refractivity contribution >= 4 is 29.2 Å². The Bertz CT molecular complexity index is 1330. The summed E-state index contributed by atoms with van der Waals surface area (Å²) in [6.07, 6.45) is 0.701. The van der Waals surface area contributed by atoms with Gasteiger partial charge in [0.1, 0.15) is 5.75 Å². The molecule has 0 unspecified atom stereocenters. The Balaban J connectivity index is 2.08. The van der Waals surface area contributed by atoms with Gasteiger partial charge >= 0.3 is 17.3 Å². The maximum absolute atomic E-state index is 13.5. The summed E-state index contributed by atoms with van der Waals surface area (Å²) < 4.78 is 12.6. The molecule has 10 heteroatoms. The predicted octanol–water partition coefficient (Wildman–Crippen LogP) is 4.18. The van der Waals surface area contributed by atoms with Gasteiger partial charge in [0.05, 0.1) is 33.2 Å². The van der Waals surface area contributed by atoms with Crippen LogP contribution in [-0.4, -0.2) is 34.3 Å². The van der Waals surface area contributed by atoms with Crippen molar-refractivity contribution in [2.24, 2.45) is 5.92 Å². The molecule has 0 saturated heterocycles. The Morgan fingerprint density at radius 3 is 2.39 bits per heavy atom. The second kappa shape index (κ2) is 11.9. The summed E-state index contributed by atoms with van der Waals surface area (Å²) in [6.45, 7) is 5.97. The summed E-state index contributed by atoms with van der Waals surface area (Å²) in [5.41, 5.74) is 1.07. The molecule has 2 aromatic carbocycles. The van der Waals surface area contributed by atoms with E-state index in [0.717, 1.165) is 22.1 Å². The molecular formula is C26H31ClN4O5. The number of halogens is 1. The minimum absolute atomic E-state index is 0.0696. The minimum Gasteiger partial charge on any atom is -0.496 e. The summed E-state index contributed by atoms with van der Waals surface area (Å²) in [7, 11) is 2.85. The summed E-state index contributed by atoms with van der Waals surface area (Å²) >= 11 is 6.01. The first kappa shape index (κ1) is 27.0. The third kappa shape index (κ3) is 6.54. The van der Waals surface area contributed by atoms with Crippen molar-refractivity contribution in [1.82, 2.24) is 14.1 Å². The van der Waals surface area contributed by atoms with Crippen molar-refractivity contribution in [3.63, 3.8) is 0 Å². The highest BCUT2D eigenvalue weighted by molar-refractivity contribution is 6.30. The highest BCUT2D eigenvalue weighted by atomic mass is 35.5. The van der Waals surface area contributed by atoms with Crippen molar-refractivity contribution < 1.29 is 14.3 Å². The van der Waals surface area contributed by atoms with E-state index in [1.165, 1.54) is 11.7 Å². The first-order chi connectivity index (χ1) is 17.1. The number of aromatic nitrogens is 3. The van der Waals surface area contributed by atoms with Gasteiger partial charge in [-0.2, -0.15) is 4.98 Å². The Kier molecular flexibility index (Phi) is 8.93.